The fourth-order valence-electron chi connectivity index (χ4n) is 4.52. The highest BCUT2D eigenvalue weighted by Gasteiger charge is 2.32. The second-order valence-electron chi connectivity index (χ2n) is 8.69. The lowest BCUT2D eigenvalue weighted by molar-refractivity contribution is -0.118. The van der Waals surface area contributed by atoms with E-state index in [1.54, 1.807) is 27.8 Å². The first-order valence-electron chi connectivity index (χ1n) is 11.3. The minimum Gasteiger partial charge on any atom is -0.367 e. The molecule has 34 heavy (non-hydrogen) atoms. The minimum absolute atomic E-state index is 0.118. The van der Waals surface area contributed by atoms with Gasteiger partial charge in [-0.1, -0.05) is 0 Å². The van der Waals surface area contributed by atoms with E-state index in [4.69, 9.17) is 0 Å². The van der Waals surface area contributed by atoms with Crippen molar-refractivity contribution in [3.05, 3.63) is 52.3 Å². The summed E-state index contributed by atoms with van der Waals surface area (Å²) in [5.41, 5.74) is 5.86. The smallest absolute Gasteiger partial charge is 0.240 e. The van der Waals surface area contributed by atoms with Crippen LogP contribution in [0.5, 0.6) is 0 Å². The Bertz CT molecular complexity index is 1380. The maximum absolute atomic E-state index is 12.9. The largest absolute Gasteiger partial charge is 0.367 e. The zero-order valence-electron chi connectivity index (χ0n) is 19.4. The van der Waals surface area contributed by atoms with E-state index in [0.29, 0.717) is 44.0 Å². The van der Waals surface area contributed by atoms with Gasteiger partial charge in [0.2, 0.25) is 15.9 Å². The standard InChI is InChI=1S/C23H27N7O3S/c1-14-15(2)28-30(16(14)3)21-6-5-20(26-27-21)24-9-10-25-34(32,33)19-12-17-4-7-22(31)29-11-8-18(13-19)23(17)29/h5-6,12-13,25H,4,7-11H2,1-3H3,(H,24,26). The molecule has 0 radical (unpaired) electrons. The molecule has 1 amide bonds. The third kappa shape index (κ3) is 3.94. The molecule has 10 nitrogen and oxygen atoms in total. The number of nitrogens with one attached hydrogen (secondary N) is 2. The number of anilines is 2. The molecule has 2 N–H and O–H groups in total. The third-order valence-corrected chi connectivity index (χ3v) is 8.02. The molecule has 0 spiro atoms. The Morgan fingerprint density at radius 2 is 1.76 bits per heavy atom. The Hall–Kier alpha value is -3.31. The minimum atomic E-state index is -3.67. The summed E-state index contributed by atoms with van der Waals surface area (Å²) in [5, 5.41) is 16.0. The lowest BCUT2D eigenvalue weighted by Gasteiger charge is -2.25. The molecular weight excluding hydrogens is 454 g/mol. The van der Waals surface area contributed by atoms with Gasteiger partial charge >= 0.3 is 0 Å². The van der Waals surface area contributed by atoms with Crippen molar-refractivity contribution >= 4 is 27.4 Å². The van der Waals surface area contributed by atoms with Crippen LogP contribution in [0.2, 0.25) is 0 Å². The molecule has 1 aromatic carbocycles. The zero-order chi connectivity index (χ0) is 24.0. The summed E-state index contributed by atoms with van der Waals surface area (Å²) in [5.74, 6) is 1.29. The van der Waals surface area contributed by atoms with Crippen LogP contribution in [0.1, 0.15) is 34.5 Å². The second kappa shape index (κ2) is 8.48. The number of amides is 1. The maximum Gasteiger partial charge on any atom is 0.240 e. The van der Waals surface area contributed by atoms with Crippen LogP contribution in [0.25, 0.3) is 5.82 Å². The van der Waals surface area contributed by atoms with Gasteiger partial charge in [0.1, 0.15) is 5.82 Å². The second-order valence-corrected chi connectivity index (χ2v) is 10.5. The number of carbonyl (C=O) groups is 1. The number of benzene rings is 1. The van der Waals surface area contributed by atoms with Gasteiger partial charge in [0.05, 0.1) is 16.3 Å². The number of sulfonamides is 1. The SMILES string of the molecule is Cc1nn(-c2ccc(NCCNS(=O)(=O)c3cc4c5c(c3)CCN5C(=O)CC4)nn2)c(C)c1C. The van der Waals surface area contributed by atoms with Crippen LogP contribution in [0, 0.1) is 20.8 Å². The summed E-state index contributed by atoms with van der Waals surface area (Å²) in [6.07, 6.45) is 1.69. The van der Waals surface area contributed by atoms with Crippen LogP contribution in [0.3, 0.4) is 0 Å². The Morgan fingerprint density at radius 1 is 1.00 bits per heavy atom. The molecule has 4 heterocycles. The zero-order valence-corrected chi connectivity index (χ0v) is 20.2. The molecule has 3 aromatic rings. The maximum atomic E-state index is 12.9. The van der Waals surface area contributed by atoms with Crippen molar-refractivity contribution in [1.82, 2.24) is 24.7 Å². The number of aryl methyl sites for hydroxylation is 2. The number of nitrogens with zero attached hydrogens (tertiary/aromatic N) is 5. The first kappa shape index (κ1) is 22.5. The highest BCUT2D eigenvalue weighted by Crippen LogP contribution is 2.38. The average Bonchev–Trinajstić information content (AvgIpc) is 3.37. The molecule has 2 aromatic heterocycles. The molecule has 0 atom stereocenters. The fourth-order valence-corrected chi connectivity index (χ4v) is 5.65. The fraction of sp³-hybridized carbons (Fsp3) is 0.391. The van der Waals surface area contributed by atoms with Crippen molar-refractivity contribution in [2.45, 2.75) is 44.9 Å². The predicted molar refractivity (Wildman–Crippen MR) is 128 cm³/mol. The number of hydrogen-bond donors (Lipinski definition) is 2. The van der Waals surface area contributed by atoms with Crippen LogP contribution < -0.4 is 14.9 Å². The topological polar surface area (TPSA) is 122 Å². The molecule has 0 bridgehead atoms. The molecule has 0 saturated carbocycles. The van der Waals surface area contributed by atoms with Crippen LogP contribution in [0.15, 0.2) is 29.2 Å². The summed E-state index contributed by atoms with van der Waals surface area (Å²) in [6.45, 7) is 7.14. The van der Waals surface area contributed by atoms with Gasteiger partial charge in [0.25, 0.3) is 0 Å². The number of rotatable bonds is 7. The quantitative estimate of drug-likeness (QED) is 0.494. The number of carbonyl (C=O) groups excluding carboxylic acids is 1. The highest BCUT2D eigenvalue weighted by atomic mass is 32.2. The van der Waals surface area contributed by atoms with E-state index < -0.39 is 10.0 Å². The Labute approximate surface area is 198 Å². The van der Waals surface area contributed by atoms with Gasteiger partial charge in [-0.25, -0.2) is 17.8 Å². The van der Waals surface area contributed by atoms with Crippen molar-refractivity contribution in [3.63, 3.8) is 0 Å². The summed E-state index contributed by atoms with van der Waals surface area (Å²) in [6, 6.07) is 7.01. The lowest BCUT2D eigenvalue weighted by atomic mass is 10.00. The first-order chi connectivity index (χ1) is 16.2. The van der Waals surface area contributed by atoms with E-state index in [1.807, 2.05) is 26.8 Å². The monoisotopic (exact) mass is 481 g/mol. The van der Waals surface area contributed by atoms with Crippen LogP contribution in [-0.2, 0) is 27.7 Å². The van der Waals surface area contributed by atoms with Gasteiger partial charge in [0, 0.05) is 31.7 Å². The summed E-state index contributed by atoms with van der Waals surface area (Å²) < 4.78 is 30.2. The lowest BCUT2D eigenvalue weighted by Crippen LogP contribution is -2.33. The van der Waals surface area contributed by atoms with Gasteiger partial charge in [-0.15, -0.1) is 10.2 Å². The molecular formula is C23H27N7O3S. The summed E-state index contributed by atoms with van der Waals surface area (Å²) in [4.78, 5) is 14.1. The van der Waals surface area contributed by atoms with Crippen molar-refractivity contribution in [2.75, 3.05) is 29.9 Å². The molecule has 0 fully saturated rings. The molecule has 2 aliphatic rings. The van der Waals surface area contributed by atoms with E-state index in [2.05, 4.69) is 25.3 Å². The molecule has 0 saturated heterocycles. The predicted octanol–water partition coefficient (Wildman–Crippen LogP) is 1.81. The Morgan fingerprint density at radius 3 is 2.44 bits per heavy atom. The normalized spacial score (nSPS) is 15.0. The van der Waals surface area contributed by atoms with E-state index in [0.717, 1.165) is 33.8 Å². The Balaban J connectivity index is 1.20. The van der Waals surface area contributed by atoms with Crippen LogP contribution in [0.4, 0.5) is 11.5 Å². The molecule has 2 aliphatic heterocycles. The molecule has 11 heteroatoms. The van der Waals surface area contributed by atoms with Gasteiger partial charge in [-0.3, -0.25) is 4.79 Å². The van der Waals surface area contributed by atoms with Gasteiger partial charge in [-0.05, 0) is 74.6 Å². The molecule has 0 unspecified atom stereocenters. The molecule has 178 valence electrons. The molecule has 0 aliphatic carbocycles. The van der Waals surface area contributed by atoms with Gasteiger partial charge in [0.15, 0.2) is 5.82 Å². The Kier molecular flexibility index (Phi) is 5.61. The summed E-state index contributed by atoms with van der Waals surface area (Å²) >= 11 is 0. The third-order valence-electron chi connectivity index (χ3n) is 6.58. The van der Waals surface area contributed by atoms with Crippen LogP contribution in [-0.4, -0.2) is 53.9 Å². The first-order valence-corrected chi connectivity index (χ1v) is 12.8. The highest BCUT2D eigenvalue weighted by molar-refractivity contribution is 7.89. The van der Waals surface area contributed by atoms with Crippen molar-refractivity contribution < 1.29 is 13.2 Å². The van der Waals surface area contributed by atoms with Crippen molar-refractivity contribution in [1.29, 1.82) is 0 Å². The van der Waals surface area contributed by atoms with E-state index in [-0.39, 0.29) is 17.3 Å². The van der Waals surface area contributed by atoms with Crippen molar-refractivity contribution in [2.24, 2.45) is 0 Å². The summed E-state index contributed by atoms with van der Waals surface area (Å²) in [7, 11) is -3.67. The average molecular weight is 482 g/mol. The van der Waals surface area contributed by atoms with E-state index in [1.165, 1.54) is 0 Å². The van der Waals surface area contributed by atoms with E-state index in [9.17, 15) is 13.2 Å². The number of hydrogen-bond acceptors (Lipinski definition) is 7. The number of aromatic nitrogens is 4. The van der Waals surface area contributed by atoms with Gasteiger partial charge < -0.3 is 10.2 Å². The van der Waals surface area contributed by atoms with E-state index >= 15 is 0 Å². The molecule has 5 rings (SSSR count). The van der Waals surface area contributed by atoms with Crippen molar-refractivity contribution in [3.8, 4) is 5.82 Å². The van der Waals surface area contributed by atoms with Crippen LogP contribution >= 0.6 is 0 Å². The van der Waals surface area contributed by atoms with Gasteiger partial charge in [-0.2, -0.15) is 5.10 Å².